The molecular weight excluding hydrogens is 270 g/mol. The first kappa shape index (κ1) is 14.3. The second kappa shape index (κ2) is 5.48. The Morgan fingerprint density at radius 3 is 2.53 bits per heavy atom. The zero-order chi connectivity index (χ0) is 14.0. The van der Waals surface area contributed by atoms with Gasteiger partial charge < -0.3 is 10.0 Å². The highest BCUT2D eigenvalue weighted by atomic mass is 32.2. The number of rotatable bonds is 3. The maximum atomic E-state index is 12.1. The molecule has 2 unspecified atom stereocenters. The summed E-state index contributed by atoms with van der Waals surface area (Å²) >= 11 is 0. The molecule has 0 radical (unpaired) electrons. The Balaban J connectivity index is 1.97. The molecule has 2 rings (SSSR count). The highest BCUT2D eigenvalue weighted by Gasteiger charge is 2.35. The third-order valence-corrected chi connectivity index (χ3v) is 5.74. The van der Waals surface area contributed by atoms with Gasteiger partial charge in [0.2, 0.25) is 5.91 Å². The summed E-state index contributed by atoms with van der Waals surface area (Å²) in [4.78, 5) is 24.7. The highest BCUT2D eigenvalue weighted by Crippen LogP contribution is 2.25. The molecule has 0 bridgehead atoms. The van der Waals surface area contributed by atoms with Crippen molar-refractivity contribution in [3.8, 4) is 0 Å². The summed E-state index contributed by atoms with van der Waals surface area (Å²) in [5.41, 5.74) is 0. The van der Waals surface area contributed by atoms with E-state index in [0.717, 1.165) is 12.8 Å². The minimum absolute atomic E-state index is 0.0598. The lowest BCUT2D eigenvalue weighted by Crippen LogP contribution is -2.48. The molecule has 0 aromatic carbocycles. The number of likely N-dealkylation sites (tertiary alicyclic amines) is 1. The van der Waals surface area contributed by atoms with Gasteiger partial charge in [0.05, 0.1) is 11.5 Å². The van der Waals surface area contributed by atoms with Crippen molar-refractivity contribution in [1.29, 1.82) is 0 Å². The Kier molecular flexibility index (Phi) is 4.13. The number of carbonyl (C=O) groups is 2. The summed E-state index contributed by atoms with van der Waals surface area (Å²) < 4.78 is 22.7. The summed E-state index contributed by atoms with van der Waals surface area (Å²) in [5.74, 6) is -1.12. The smallest absolute Gasteiger partial charge is 0.326 e. The normalized spacial score (nSPS) is 30.2. The number of carboxylic acids is 1. The van der Waals surface area contributed by atoms with Crippen LogP contribution >= 0.6 is 0 Å². The Morgan fingerprint density at radius 2 is 1.95 bits per heavy atom. The quantitative estimate of drug-likeness (QED) is 0.805. The summed E-state index contributed by atoms with van der Waals surface area (Å²) in [6.45, 7) is 0.468. The predicted molar refractivity (Wildman–Crippen MR) is 68.4 cm³/mol. The van der Waals surface area contributed by atoms with Gasteiger partial charge in [-0.05, 0) is 31.6 Å². The second-order valence-corrected chi connectivity index (χ2v) is 7.64. The van der Waals surface area contributed by atoms with Crippen LogP contribution in [0.5, 0.6) is 0 Å². The molecule has 7 heteroatoms. The molecule has 6 nitrogen and oxygen atoms in total. The van der Waals surface area contributed by atoms with Crippen LogP contribution in [0.1, 0.15) is 32.1 Å². The third-order valence-electron chi connectivity index (χ3n) is 3.90. The van der Waals surface area contributed by atoms with E-state index < -0.39 is 21.8 Å². The number of hydrogen-bond donors (Lipinski definition) is 1. The summed E-state index contributed by atoms with van der Waals surface area (Å²) in [7, 11) is -2.99. The van der Waals surface area contributed by atoms with Gasteiger partial charge in [-0.3, -0.25) is 4.79 Å². The minimum Gasteiger partial charge on any atom is -0.480 e. The SMILES string of the molecule is O=C(O)C1CCCCN1C(=O)CC1CCS(=O)(=O)C1. The van der Waals surface area contributed by atoms with E-state index in [-0.39, 0.29) is 29.8 Å². The van der Waals surface area contributed by atoms with Crippen LogP contribution in [0.25, 0.3) is 0 Å². The van der Waals surface area contributed by atoms with E-state index in [1.807, 2.05) is 0 Å². The number of carbonyl (C=O) groups excluding carboxylic acids is 1. The number of nitrogens with zero attached hydrogens (tertiary/aromatic N) is 1. The maximum absolute atomic E-state index is 12.1. The van der Waals surface area contributed by atoms with Crippen LogP contribution in [-0.2, 0) is 19.4 Å². The average Bonchev–Trinajstić information content (AvgIpc) is 2.68. The Labute approximate surface area is 112 Å². The van der Waals surface area contributed by atoms with E-state index in [2.05, 4.69) is 0 Å². The molecule has 19 heavy (non-hydrogen) atoms. The largest absolute Gasteiger partial charge is 0.480 e. The van der Waals surface area contributed by atoms with E-state index in [1.54, 1.807) is 0 Å². The highest BCUT2D eigenvalue weighted by molar-refractivity contribution is 7.91. The molecule has 2 aliphatic heterocycles. The number of piperidine rings is 1. The van der Waals surface area contributed by atoms with Crippen LogP contribution in [0.15, 0.2) is 0 Å². The number of sulfone groups is 1. The fraction of sp³-hybridized carbons (Fsp3) is 0.833. The molecule has 2 heterocycles. The van der Waals surface area contributed by atoms with Crippen molar-refractivity contribution in [2.45, 2.75) is 38.1 Å². The molecule has 2 saturated heterocycles. The van der Waals surface area contributed by atoms with E-state index in [4.69, 9.17) is 5.11 Å². The molecule has 0 saturated carbocycles. The Bertz CT molecular complexity index is 473. The molecule has 1 amide bonds. The van der Waals surface area contributed by atoms with E-state index in [0.29, 0.717) is 19.4 Å². The molecule has 2 aliphatic rings. The van der Waals surface area contributed by atoms with Crippen LogP contribution in [0.2, 0.25) is 0 Å². The number of aliphatic carboxylic acids is 1. The van der Waals surface area contributed by atoms with Gasteiger partial charge >= 0.3 is 5.97 Å². The van der Waals surface area contributed by atoms with E-state index >= 15 is 0 Å². The van der Waals surface area contributed by atoms with Gasteiger partial charge in [0, 0.05) is 13.0 Å². The van der Waals surface area contributed by atoms with Crippen LogP contribution < -0.4 is 0 Å². The minimum atomic E-state index is -2.99. The molecule has 0 aromatic heterocycles. The average molecular weight is 289 g/mol. The third kappa shape index (κ3) is 3.46. The van der Waals surface area contributed by atoms with Crippen molar-refractivity contribution in [2.24, 2.45) is 5.92 Å². The molecule has 2 fully saturated rings. The fourth-order valence-electron chi connectivity index (χ4n) is 2.88. The molecule has 1 N–H and O–H groups in total. The Hall–Kier alpha value is -1.11. The van der Waals surface area contributed by atoms with Crippen LogP contribution in [0.3, 0.4) is 0 Å². The maximum Gasteiger partial charge on any atom is 0.326 e. The van der Waals surface area contributed by atoms with Gasteiger partial charge in [0.1, 0.15) is 6.04 Å². The zero-order valence-electron chi connectivity index (χ0n) is 10.7. The first-order chi connectivity index (χ1) is 8.89. The summed E-state index contributed by atoms with van der Waals surface area (Å²) in [5, 5.41) is 9.11. The number of carboxylic acid groups (broad SMARTS) is 1. The first-order valence-corrected chi connectivity index (χ1v) is 8.44. The first-order valence-electron chi connectivity index (χ1n) is 6.62. The molecule has 0 spiro atoms. The second-order valence-electron chi connectivity index (χ2n) is 5.41. The van der Waals surface area contributed by atoms with Crippen LogP contribution in [0, 0.1) is 5.92 Å². The Morgan fingerprint density at radius 1 is 1.21 bits per heavy atom. The number of hydrogen-bond acceptors (Lipinski definition) is 4. The van der Waals surface area contributed by atoms with Gasteiger partial charge in [-0.2, -0.15) is 0 Å². The lowest BCUT2D eigenvalue weighted by molar-refractivity contribution is -0.152. The van der Waals surface area contributed by atoms with E-state index in [9.17, 15) is 18.0 Å². The van der Waals surface area contributed by atoms with Crippen LogP contribution in [0.4, 0.5) is 0 Å². The van der Waals surface area contributed by atoms with Crippen molar-refractivity contribution in [3.63, 3.8) is 0 Å². The summed E-state index contributed by atoms with van der Waals surface area (Å²) in [6, 6.07) is -0.737. The fourth-order valence-corrected chi connectivity index (χ4v) is 4.75. The van der Waals surface area contributed by atoms with Crippen molar-refractivity contribution >= 4 is 21.7 Å². The monoisotopic (exact) mass is 289 g/mol. The van der Waals surface area contributed by atoms with Gasteiger partial charge in [-0.1, -0.05) is 0 Å². The van der Waals surface area contributed by atoms with Gasteiger partial charge in [-0.15, -0.1) is 0 Å². The summed E-state index contributed by atoms with van der Waals surface area (Å²) in [6.07, 6.45) is 2.80. The lowest BCUT2D eigenvalue weighted by atomic mass is 9.99. The molecule has 108 valence electrons. The number of amides is 1. The predicted octanol–water partition coefficient (Wildman–Crippen LogP) is 0.277. The lowest BCUT2D eigenvalue weighted by Gasteiger charge is -2.33. The van der Waals surface area contributed by atoms with E-state index in [1.165, 1.54) is 4.90 Å². The molecule has 0 aromatic rings. The molecular formula is C12H19NO5S. The zero-order valence-corrected chi connectivity index (χ0v) is 11.6. The van der Waals surface area contributed by atoms with Crippen molar-refractivity contribution < 1.29 is 23.1 Å². The molecule has 2 atom stereocenters. The standard InChI is InChI=1S/C12H19NO5S/c14-11(7-9-4-6-19(17,18)8-9)13-5-2-1-3-10(13)12(15)16/h9-10H,1-8H2,(H,15,16). The van der Waals surface area contributed by atoms with Crippen molar-refractivity contribution in [2.75, 3.05) is 18.1 Å². The molecule has 0 aliphatic carbocycles. The van der Waals surface area contributed by atoms with Crippen molar-refractivity contribution in [1.82, 2.24) is 4.90 Å². The topological polar surface area (TPSA) is 91.8 Å². The van der Waals surface area contributed by atoms with Gasteiger partial charge in [-0.25, -0.2) is 13.2 Å². The van der Waals surface area contributed by atoms with Crippen LogP contribution in [-0.4, -0.2) is 54.4 Å². The van der Waals surface area contributed by atoms with Gasteiger partial charge in [0.25, 0.3) is 0 Å². The van der Waals surface area contributed by atoms with Crippen molar-refractivity contribution in [3.05, 3.63) is 0 Å². The van der Waals surface area contributed by atoms with Gasteiger partial charge in [0.15, 0.2) is 9.84 Å².